The Morgan fingerprint density at radius 1 is 1.09 bits per heavy atom. The molecule has 1 aromatic heterocycles. The SMILES string of the molecule is CC(CNC(=O)OCC1c2ccccc2-c2ccccc21)CC(=O)Nc1cnn(C)c1C(=O)O. The van der Waals surface area contributed by atoms with Gasteiger partial charge in [0.25, 0.3) is 0 Å². The van der Waals surface area contributed by atoms with Gasteiger partial charge in [0.15, 0.2) is 5.69 Å². The van der Waals surface area contributed by atoms with E-state index < -0.39 is 12.1 Å². The van der Waals surface area contributed by atoms with Crippen LogP contribution in [-0.2, 0) is 16.6 Å². The molecule has 3 aromatic rings. The number of aryl methyl sites for hydroxylation is 1. The molecule has 4 rings (SSSR count). The third-order valence-electron chi connectivity index (χ3n) is 5.89. The Morgan fingerprint density at radius 3 is 2.32 bits per heavy atom. The van der Waals surface area contributed by atoms with Crippen LogP contribution < -0.4 is 10.6 Å². The third kappa shape index (κ3) is 4.78. The summed E-state index contributed by atoms with van der Waals surface area (Å²) in [5.41, 5.74) is 4.63. The molecule has 1 heterocycles. The van der Waals surface area contributed by atoms with Gasteiger partial charge in [0.2, 0.25) is 5.91 Å². The molecule has 1 unspecified atom stereocenters. The lowest BCUT2D eigenvalue weighted by Gasteiger charge is -2.16. The smallest absolute Gasteiger partial charge is 0.407 e. The second-order valence-electron chi connectivity index (χ2n) is 8.40. The van der Waals surface area contributed by atoms with Crippen molar-refractivity contribution in [1.29, 1.82) is 0 Å². The van der Waals surface area contributed by atoms with Crippen LogP contribution in [0.15, 0.2) is 54.7 Å². The number of benzene rings is 2. The number of carboxylic acids is 1. The van der Waals surface area contributed by atoms with Crippen LogP contribution in [0.4, 0.5) is 10.5 Å². The Bertz CT molecular complexity index is 1190. The van der Waals surface area contributed by atoms with Crippen molar-refractivity contribution in [3.63, 3.8) is 0 Å². The number of carbonyl (C=O) groups is 3. The summed E-state index contributed by atoms with van der Waals surface area (Å²) in [6, 6.07) is 16.2. The number of nitrogens with one attached hydrogen (secondary N) is 2. The molecule has 9 heteroatoms. The summed E-state index contributed by atoms with van der Waals surface area (Å²) >= 11 is 0. The average Bonchev–Trinajstić information content (AvgIpc) is 3.33. The minimum Gasteiger partial charge on any atom is -0.476 e. The van der Waals surface area contributed by atoms with Gasteiger partial charge in [-0.05, 0) is 28.2 Å². The number of fused-ring (bicyclic) bond motifs is 3. The van der Waals surface area contributed by atoms with Crippen molar-refractivity contribution >= 4 is 23.7 Å². The van der Waals surface area contributed by atoms with Crippen LogP contribution in [0, 0.1) is 5.92 Å². The minimum absolute atomic E-state index is 0.0238. The van der Waals surface area contributed by atoms with Gasteiger partial charge >= 0.3 is 12.1 Å². The lowest BCUT2D eigenvalue weighted by molar-refractivity contribution is -0.116. The maximum atomic E-state index is 12.3. The number of nitrogens with zero attached hydrogens (tertiary/aromatic N) is 2. The largest absolute Gasteiger partial charge is 0.476 e. The Hall–Kier alpha value is -4.14. The first-order valence-electron chi connectivity index (χ1n) is 11.0. The van der Waals surface area contributed by atoms with Crippen molar-refractivity contribution < 1.29 is 24.2 Å². The van der Waals surface area contributed by atoms with Gasteiger partial charge in [-0.25, -0.2) is 9.59 Å². The monoisotopic (exact) mass is 462 g/mol. The lowest BCUT2D eigenvalue weighted by atomic mass is 9.98. The van der Waals surface area contributed by atoms with Gasteiger partial charge in [0.05, 0.1) is 11.9 Å². The Kier molecular flexibility index (Phi) is 6.62. The van der Waals surface area contributed by atoms with Crippen molar-refractivity contribution in [2.45, 2.75) is 19.3 Å². The highest BCUT2D eigenvalue weighted by molar-refractivity contribution is 5.99. The molecule has 0 saturated heterocycles. The second kappa shape index (κ2) is 9.78. The molecular weight excluding hydrogens is 436 g/mol. The molecule has 2 aromatic carbocycles. The van der Waals surface area contributed by atoms with Crippen molar-refractivity contribution in [3.8, 4) is 11.1 Å². The molecule has 0 aliphatic heterocycles. The zero-order valence-corrected chi connectivity index (χ0v) is 18.9. The zero-order chi connectivity index (χ0) is 24.2. The molecule has 1 atom stereocenters. The van der Waals surface area contributed by atoms with E-state index in [0.717, 1.165) is 22.3 Å². The van der Waals surface area contributed by atoms with Crippen molar-refractivity contribution in [2.75, 3.05) is 18.5 Å². The van der Waals surface area contributed by atoms with Gasteiger partial charge in [-0.1, -0.05) is 55.5 Å². The van der Waals surface area contributed by atoms with Crippen LogP contribution in [-0.4, -0.2) is 46.0 Å². The number of carbonyl (C=O) groups excluding carboxylic acids is 2. The molecule has 176 valence electrons. The first-order chi connectivity index (χ1) is 16.3. The molecule has 0 radical (unpaired) electrons. The van der Waals surface area contributed by atoms with Gasteiger partial charge in [-0.2, -0.15) is 5.10 Å². The summed E-state index contributed by atoms with van der Waals surface area (Å²) < 4.78 is 6.69. The van der Waals surface area contributed by atoms with E-state index in [4.69, 9.17) is 4.74 Å². The molecular formula is C25H26N4O5. The van der Waals surface area contributed by atoms with E-state index in [1.54, 1.807) is 0 Å². The number of hydrogen-bond donors (Lipinski definition) is 3. The van der Waals surface area contributed by atoms with E-state index in [9.17, 15) is 19.5 Å². The van der Waals surface area contributed by atoms with Crippen LogP contribution in [0.5, 0.6) is 0 Å². The maximum Gasteiger partial charge on any atom is 0.407 e. The predicted octanol–water partition coefficient (Wildman–Crippen LogP) is 3.62. The molecule has 9 nitrogen and oxygen atoms in total. The molecule has 0 spiro atoms. The van der Waals surface area contributed by atoms with Crippen molar-refractivity contribution in [3.05, 3.63) is 71.5 Å². The summed E-state index contributed by atoms with van der Waals surface area (Å²) in [7, 11) is 1.49. The molecule has 1 aliphatic carbocycles. The number of aromatic carboxylic acids is 1. The fourth-order valence-electron chi connectivity index (χ4n) is 4.28. The van der Waals surface area contributed by atoms with E-state index in [-0.39, 0.29) is 48.7 Å². The first-order valence-corrected chi connectivity index (χ1v) is 11.0. The number of rotatable bonds is 8. The second-order valence-corrected chi connectivity index (χ2v) is 8.40. The van der Waals surface area contributed by atoms with Crippen LogP contribution in [0.1, 0.15) is 40.9 Å². The molecule has 0 bridgehead atoms. The quantitative estimate of drug-likeness (QED) is 0.470. The summed E-state index contributed by atoms with van der Waals surface area (Å²) in [6.45, 7) is 2.27. The van der Waals surface area contributed by atoms with Gasteiger partial charge in [-0.3, -0.25) is 9.48 Å². The molecule has 34 heavy (non-hydrogen) atoms. The standard InChI is InChI=1S/C25H26N4O5/c1-15(11-22(30)28-21-13-27-29(2)23(21)24(31)32)12-26-25(33)34-14-20-18-9-5-3-7-16(18)17-8-4-6-10-19(17)20/h3-10,13,15,20H,11-12,14H2,1-2H3,(H,26,33)(H,28,30)(H,31,32). The number of anilines is 1. The topological polar surface area (TPSA) is 123 Å². The van der Waals surface area contributed by atoms with E-state index in [0.29, 0.717) is 0 Å². The molecule has 0 fully saturated rings. The predicted molar refractivity (Wildman–Crippen MR) is 126 cm³/mol. The number of carboxylic acid groups (broad SMARTS) is 1. The molecule has 0 saturated carbocycles. The number of aromatic nitrogens is 2. The van der Waals surface area contributed by atoms with E-state index in [2.05, 4.69) is 40.0 Å². The van der Waals surface area contributed by atoms with Gasteiger partial charge < -0.3 is 20.5 Å². The normalized spacial score (nSPS) is 13.0. The Morgan fingerprint density at radius 2 is 1.71 bits per heavy atom. The van der Waals surface area contributed by atoms with Crippen LogP contribution in [0.3, 0.4) is 0 Å². The fraction of sp³-hybridized carbons (Fsp3) is 0.280. The number of hydrogen-bond acceptors (Lipinski definition) is 5. The molecule has 3 N–H and O–H groups in total. The molecule has 2 amide bonds. The van der Waals surface area contributed by atoms with Crippen molar-refractivity contribution in [1.82, 2.24) is 15.1 Å². The third-order valence-corrected chi connectivity index (χ3v) is 5.89. The number of amides is 2. The van der Waals surface area contributed by atoms with Gasteiger partial charge in [0, 0.05) is 25.9 Å². The van der Waals surface area contributed by atoms with E-state index in [1.165, 1.54) is 17.9 Å². The summed E-state index contributed by atoms with van der Waals surface area (Å²) in [4.78, 5) is 35.9. The average molecular weight is 463 g/mol. The summed E-state index contributed by atoms with van der Waals surface area (Å²) in [5.74, 6) is -1.76. The van der Waals surface area contributed by atoms with Crippen LogP contribution >= 0.6 is 0 Å². The minimum atomic E-state index is -1.18. The maximum absolute atomic E-state index is 12.3. The Balaban J connectivity index is 1.26. The zero-order valence-electron chi connectivity index (χ0n) is 18.9. The molecule has 1 aliphatic rings. The fourth-order valence-corrected chi connectivity index (χ4v) is 4.28. The highest BCUT2D eigenvalue weighted by atomic mass is 16.5. The lowest BCUT2D eigenvalue weighted by Crippen LogP contribution is -2.31. The van der Waals surface area contributed by atoms with Crippen LogP contribution in [0.2, 0.25) is 0 Å². The van der Waals surface area contributed by atoms with E-state index >= 15 is 0 Å². The highest BCUT2D eigenvalue weighted by Gasteiger charge is 2.29. The van der Waals surface area contributed by atoms with Gasteiger partial charge in [-0.15, -0.1) is 0 Å². The van der Waals surface area contributed by atoms with E-state index in [1.807, 2.05) is 31.2 Å². The van der Waals surface area contributed by atoms with Crippen LogP contribution in [0.25, 0.3) is 11.1 Å². The first kappa shape index (κ1) is 23.0. The van der Waals surface area contributed by atoms with Gasteiger partial charge in [0.1, 0.15) is 6.61 Å². The number of ether oxygens (including phenoxy) is 1. The highest BCUT2D eigenvalue weighted by Crippen LogP contribution is 2.44. The number of alkyl carbamates (subject to hydrolysis) is 1. The Labute approximate surface area is 196 Å². The summed E-state index contributed by atoms with van der Waals surface area (Å²) in [6.07, 6.45) is 0.841. The summed E-state index contributed by atoms with van der Waals surface area (Å²) in [5, 5.41) is 18.4. The van der Waals surface area contributed by atoms with Crippen molar-refractivity contribution in [2.24, 2.45) is 13.0 Å².